The predicted octanol–water partition coefficient (Wildman–Crippen LogP) is 6.65. The number of rotatable bonds is 7. The highest BCUT2D eigenvalue weighted by Gasteiger charge is 2.43. The Labute approximate surface area is 206 Å². The molecule has 10 heteroatoms. The van der Waals surface area contributed by atoms with Gasteiger partial charge < -0.3 is 15.2 Å². The number of carboxylic acid groups (broad SMARTS) is 1. The largest absolute Gasteiger partial charge is 0.489 e. The van der Waals surface area contributed by atoms with Crippen LogP contribution in [0.5, 0.6) is 5.75 Å². The number of halogens is 3. The number of aromatic nitrogens is 2. The SMILES string of the molecule is Cl.O=C(O)C1(Cc2cccc(Nc3nccs3)n2)CCC(Oc2cccc(Cl)c2Cl)CC1. The van der Waals surface area contributed by atoms with Crippen LogP contribution in [0.1, 0.15) is 31.4 Å². The lowest BCUT2D eigenvalue weighted by Crippen LogP contribution is -2.40. The molecule has 1 aliphatic rings. The number of aliphatic carboxylic acids is 1. The average molecular weight is 515 g/mol. The first kappa shape index (κ1) is 24.6. The van der Waals surface area contributed by atoms with Crippen LogP contribution in [0.25, 0.3) is 0 Å². The maximum absolute atomic E-state index is 12.3. The maximum atomic E-state index is 12.3. The molecule has 1 aromatic carbocycles. The van der Waals surface area contributed by atoms with Crippen molar-refractivity contribution < 1.29 is 14.6 Å². The van der Waals surface area contributed by atoms with Gasteiger partial charge in [-0.25, -0.2) is 9.97 Å². The lowest BCUT2D eigenvalue weighted by Gasteiger charge is -2.36. The molecule has 2 aromatic heterocycles. The van der Waals surface area contributed by atoms with Crippen molar-refractivity contribution in [2.75, 3.05) is 5.32 Å². The quantitative estimate of drug-likeness (QED) is 0.367. The number of carbonyl (C=O) groups is 1. The normalized spacial score (nSPS) is 20.2. The number of pyridine rings is 1. The number of carboxylic acids is 1. The van der Waals surface area contributed by atoms with Gasteiger partial charge in [-0.15, -0.1) is 23.7 Å². The highest BCUT2D eigenvalue weighted by atomic mass is 35.5. The van der Waals surface area contributed by atoms with Gasteiger partial charge >= 0.3 is 5.97 Å². The molecule has 170 valence electrons. The Morgan fingerprint density at radius 3 is 2.66 bits per heavy atom. The van der Waals surface area contributed by atoms with Gasteiger partial charge in [-0.3, -0.25) is 4.79 Å². The molecule has 0 unspecified atom stereocenters. The molecule has 0 radical (unpaired) electrons. The zero-order chi connectivity index (χ0) is 21.8. The van der Waals surface area contributed by atoms with Crippen molar-refractivity contribution in [3.05, 3.63) is 63.7 Å². The second-order valence-electron chi connectivity index (χ2n) is 7.61. The predicted molar refractivity (Wildman–Crippen MR) is 130 cm³/mol. The van der Waals surface area contributed by atoms with E-state index in [9.17, 15) is 9.90 Å². The molecule has 0 saturated heterocycles. The number of nitrogens with one attached hydrogen (secondary N) is 1. The molecule has 0 aliphatic heterocycles. The number of ether oxygens (including phenoxy) is 1. The van der Waals surface area contributed by atoms with E-state index in [1.54, 1.807) is 24.4 Å². The van der Waals surface area contributed by atoms with E-state index in [1.807, 2.05) is 23.6 Å². The third-order valence-corrected chi connectivity index (χ3v) is 7.04. The molecule has 32 heavy (non-hydrogen) atoms. The fourth-order valence-electron chi connectivity index (χ4n) is 3.87. The minimum Gasteiger partial charge on any atom is -0.489 e. The Balaban J connectivity index is 0.00000289. The zero-order valence-electron chi connectivity index (χ0n) is 17.0. The number of hydrogen-bond acceptors (Lipinski definition) is 6. The molecular formula is C22H22Cl3N3O3S. The first-order valence-corrected chi connectivity index (χ1v) is 11.6. The van der Waals surface area contributed by atoms with E-state index in [0.29, 0.717) is 53.7 Å². The van der Waals surface area contributed by atoms with Crippen LogP contribution < -0.4 is 10.1 Å². The highest BCUT2D eigenvalue weighted by molar-refractivity contribution is 7.13. The third kappa shape index (κ3) is 5.64. The Morgan fingerprint density at radius 2 is 1.97 bits per heavy atom. The van der Waals surface area contributed by atoms with Crippen LogP contribution in [0.3, 0.4) is 0 Å². The Morgan fingerprint density at radius 1 is 1.22 bits per heavy atom. The fourth-order valence-corrected chi connectivity index (χ4v) is 4.74. The first-order chi connectivity index (χ1) is 14.9. The van der Waals surface area contributed by atoms with Crippen LogP contribution in [0.2, 0.25) is 10.0 Å². The minimum absolute atomic E-state index is 0. The van der Waals surface area contributed by atoms with Gasteiger partial charge in [-0.1, -0.05) is 35.3 Å². The number of thiazole rings is 1. The van der Waals surface area contributed by atoms with Gasteiger partial charge in [0.25, 0.3) is 0 Å². The molecule has 1 aliphatic carbocycles. The number of benzene rings is 1. The van der Waals surface area contributed by atoms with Crippen molar-refractivity contribution >= 4 is 63.9 Å². The number of hydrogen-bond donors (Lipinski definition) is 2. The third-order valence-electron chi connectivity index (χ3n) is 5.55. The summed E-state index contributed by atoms with van der Waals surface area (Å²) < 4.78 is 6.03. The number of anilines is 2. The van der Waals surface area contributed by atoms with E-state index in [1.165, 1.54) is 11.3 Å². The molecule has 2 N–H and O–H groups in total. The second kappa shape index (κ2) is 10.7. The monoisotopic (exact) mass is 513 g/mol. The van der Waals surface area contributed by atoms with E-state index in [0.717, 1.165) is 10.8 Å². The van der Waals surface area contributed by atoms with Crippen LogP contribution in [0.4, 0.5) is 10.9 Å². The molecular weight excluding hydrogens is 493 g/mol. The lowest BCUT2D eigenvalue weighted by molar-refractivity contribution is -0.152. The Bertz CT molecular complexity index is 1060. The van der Waals surface area contributed by atoms with Gasteiger partial charge in [-0.2, -0.15) is 0 Å². The smallest absolute Gasteiger partial charge is 0.310 e. The van der Waals surface area contributed by atoms with E-state index in [-0.39, 0.29) is 18.5 Å². The molecule has 0 spiro atoms. The van der Waals surface area contributed by atoms with Crippen molar-refractivity contribution in [2.45, 2.75) is 38.2 Å². The summed E-state index contributed by atoms with van der Waals surface area (Å²) in [7, 11) is 0. The zero-order valence-corrected chi connectivity index (χ0v) is 20.1. The number of nitrogens with zero attached hydrogens (tertiary/aromatic N) is 2. The fraction of sp³-hybridized carbons (Fsp3) is 0.318. The maximum Gasteiger partial charge on any atom is 0.310 e. The van der Waals surface area contributed by atoms with Crippen LogP contribution in [-0.2, 0) is 11.2 Å². The summed E-state index contributed by atoms with van der Waals surface area (Å²) in [6.45, 7) is 0. The molecule has 6 nitrogen and oxygen atoms in total. The second-order valence-corrected chi connectivity index (χ2v) is 9.29. The van der Waals surface area contributed by atoms with Crippen LogP contribution in [0, 0.1) is 5.41 Å². The van der Waals surface area contributed by atoms with Crippen LogP contribution >= 0.6 is 46.9 Å². The standard InChI is InChI=1S/C22H21Cl2N3O3S.ClH/c23-16-4-2-5-17(19(16)24)30-15-7-9-22(10-8-15,20(28)29)13-14-3-1-6-18(26-14)27-21-25-11-12-31-21;/h1-6,11-12,15H,7-10,13H2,(H,28,29)(H,25,26,27);1H. The Kier molecular flexibility index (Phi) is 8.22. The molecule has 0 amide bonds. The molecule has 4 rings (SSSR count). The molecule has 2 heterocycles. The minimum atomic E-state index is -0.870. The molecule has 1 fully saturated rings. The molecule has 3 aromatic rings. The average Bonchev–Trinajstić information content (AvgIpc) is 3.26. The summed E-state index contributed by atoms with van der Waals surface area (Å²) in [5, 5.41) is 16.6. The van der Waals surface area contributed by atoms with E-state index in [4.69, 9.17) is 27.9 Å². The van der Waals surface area contributed by atoms with E-state index >= 15 is 0 Å². The van der Waals surface area contributed by atoms with Crippen molar-refractivity contribution in [1.82, 2.24) is 9.97 Å². The van der Waals surface area contributed by atoms with Gasteiger partial charge in [0.1, 0.15) is 16.6 Å². The summed E-state index contributed by atoms with van der Waals surface area (Å²) in [5.41, 5.74) is -0.133. The summed E-state index contributed by atoms with van der Waals surface area (Å²) in [5.74, 6) is 0.386. The Hall–Kier alpha value is -2.06. The van der Waals surface area contributed by atoms with Crippen molar-refractivity contribution in [3.8, 4) is 5.75 Å². The van der Waals surface area contributed by atoms with E-state index in [2.05, 4.69) is 15.3 Å². The topological polar surface area (TPSA) is 84.3 Å². The molecule has 1 saturated carbocycles. The van der Waals surface area contributed by atoms with Gasteiger partial charge in [0.05, 0.1) is 16.5 Å². The van der Waals surface area contributed by atoms with Crippen molar-refractivity contribution in [1.29, 1.82) is 0 Å². The first-order valence-electron chi connectivity index (χ1n) is 9.92. The summed E-state index contributed by atoms with van der Waals surface area (Å²) in [4.78, 5) is 21.1. The van der Waals surface area contributed by atoms with Gasteiger partial charge in [0.2, 0.25) is 0 Å². The summed E-state index contributed by atoms with van der Waals surface area (Å²) >= 11 is 13.8. The van der Waals surface area contributed by atoms with Crippen LogP contribution in [-0.4, -0.2) is 27.1 Å². The van der Waals surface area contributed by atoms with Crippen molar-refractivity contribution in [3.63, 3.8) is 0 Å². The molecule has 0 bridgehead atoms. The van der Waals surface area contributed by atoms with Gasteiger partial charge in [-0.05, 0) is 49.9 Å². The summed E-state index contributed by atoms with van der Waals surface area (Å²) in [6.07, 6.45) is 4.20. The van der Waals surface area contributed by atoms with Gasteiger partial charge in [0, 0.05) is 23.7 Å². The van der Waals surface area contributed by atoms with E-state index < -0.39 is 11.4 Å². The summed E-state index contributed by atoms with van der Waals surface area (Å²) in [6, 6.07) is 10.9. The molecule has 0 atom stereocenters. The van der Waals surface area contributed by atoms with Crippen molar-refractivity contribution in [2.24, 2.45) is 5.41 Å². The van der Waals surface area contributed by atoms with Crippen LogP contribution in [0.15, 0.2) is 48.0 Å². The van der Waals surface area contributed by atoms with Gasteiger partial charge in [0.15, 0.2) is 5.13 Å². The lowest BCUT2D eigenvalue weighted by atomic mass is 9.70. The highest BCUT2D eigenvalue weighted by Crippen LogP contribution is 2.42.